The first-order valence-corrected chi connectivity index (χ1v) is 6.22. The van der Waals surface area contributed by atoms with E-state index in [1.807, 2.05) is 6.07 Å². The lowest BCUT2D eigenvalue weighted by Crippen LogP contribution is -1.94. The third-order valence-corrected chi connectivity index (χ3v) is 3.64. The first kappa shape index (κ1) is 11.3. The van der Waals surface area contributed by atoms with Crippen LogP contribution in [0.5, 0.6) is 0 Å². The van der Waals surface area contributed by atoms with E-state index in [0.29, 0.717) is 21.3 Å². The minimum atomic E-state index is -0.986. The summed E-state index contributed by atoms with van der Waals surface area (Å²) < 4.78 is 6.20. The summed E-state index contributed by atoms with van der Waals surface area (Å²) in [5, 5.41) is 8.90. The Bertz CT molecular complexity index is 747. The van der Waals surface area contributed by atoms with Gasteiger partial charge in [-0.1, -0.05) is 11.6 Å². The second-order valence-electron chi connectivity index (χ2n) is 3.61. The van der Waals surface area contributed by atoms with Crippen LogP contribution in [-0.4, -0.2) is 16.1 Å². The summed E-state index contributed by atoms with van der Waals surface area (Å²) in [5.74, 6) is -0.537. The number of hydrogen-bond donors (Lipinski definition) is 1. The first-order valence-electron chi connectivity index (χ1n) is 5.03. The number of aromatic carboxylic acids is 1. The van der Waals surface area contributed by atoms with E-state index in [4.69, 9.17) is 21.1 Å². The van der Waals surface area contributed by atoms with E-state index >= 15 is 0 Å². The highest BCUT2D eigenvalue weighted by Gasteiger charge is 2.12. The molecule has 2 heterocycles. The van der Waals surface area contributed by atoms with Crippen molar-refractivity contribution < 1.29 is 14.3 Å². The predicted molar refractivity (Wildman–Crippen MR) is 69.3 cm³/mol. The molecule has 0 atom stereocenters. The Labute approximate surface area is 110 Å². The van der Waals surface area contributed by atoms with Crippen molar-refractivity contribution in [2.75, 3.05) is 0 Å². The summed E-state index contributed by atoms with van der Waals surface area (Å²) >= 11 is 7.21. The molecule has 0 amide bonds. The Morgan fingerprint density at radius 2 is 2.17 bits per heavy atom. The van der Waals surface area contributed by atoms with Crippen LogP contribution in [0.1, 0.15) is 10.4 Å². The van der Waals surface area contributed by atoms with Crippen molar-refractivity contribution >= 4 is 40.0 Å². The molecule has 0 bridgehead atoms. The van der Waals surface area contributed by atoms with E-state index in [0.717, 1.165) is 4.88 Å². The molecule has 0 aliphatic rings. The number of hydrogen-bond acceptors (Lipinski definition) is 4. The predicted octanol–water partition coefficient (Wildman–Crippen LogP) is 3.91. The van der Waals surface area contributed by atoms with E-state index in [-0.39, 0.29) is 5.56 Å². The zero-order valence-corrected chi connectivity index (χ0v) is 10.5. The SMILES string of the molecule is O=C(O)c1ccc2oc(-c3ccc(Cl)s3)nc2c1. The van der Waals surface area contributed by atoms with Crippen LogP contribution in [0.15, 0.2) is 34.7 Å². The number of carboxylic acids is 1. The standard InChI is InChI=1S/C12H6ClNO3S/c13-10-4-3-9(18-10)11-14-7-5-6(12(15)16)1-2-8(7)17-11/h1-5H,(H,15,16). The van der Waals surface area contributed by atoms with Gasteiger partial charge < -0.3 is 9.52 Å². The van der Waals surface area contributed by atoms with Crippen molar-refractivity contribution in [3.8, 4) is 10.8 Å². The van der Waals surface area contributed by atoms with E-state index in [9.17, 15) is 4.79 Å². The van der Waals surface area contributed by atoms with Crippen molar-refractivity contribution in [3.63, 3.8) is 0 Å². The van der Waals surface area contributed by atoms with Gasteiger partial charge in [0.25, 0.3) is 0 Å². The van der Waals surface area contributed by atoms with Crippen LogP contribution in [0.2, 0.25) is 4.34 Å². The van der Waals surface area contributed by atoms with Gasteiger partial charge in [-0.05, 0) is 30.3 Å². The maximum absolute atomic E-state index is 10.9. The number of carboxylic acid groups (broad SMARTS) is 1. The topological polar surface area (TPSA) is 63.3 Å². The fraction of sp³-hybridized carbons (Fsp3) is 0. The molecule has 1 aromatic carbocycles. The summed E-state index contributed by atoms with van der Waals surface area (Å²) in [6, 6.07) is 8.15. The summed E-state index contributed by atoms with van der Waals surface area (Å²) in [7, 11) is 0. The largest absolute Gasteiger partial charge is 0.478 e. The molecule has 3 rings (SSSR count). The molecule has 0 saturated heterocycles. The molecular weight excluding hydrogens is 274 g/mol. The molecular formula is C12H6ClNO3S. The van der Waals surface area contributed by atoms with Gasteiger partial charge in [0, 0.05) is 0 Å². The number of benzene rings is 1. The number of rotatable bonds is 2. The molecule has 18 heavy (non-hydrogen) atoms. The van der Waals surface area contributed by atoms with E-state index in [1.54, 1.807) is 12.1 Å². The Balaban J connectivity index is 2.13. The average molecular weight is 280 g/mol. The molecule has 1 N–H and O–H groups in total. The second kappa shape index (κ2) is 4.12. The molecule has 0 unspecified atom stereocenters. The molecule has 90 valence electrons. The molecule has 0 radical (unpaired) electrons. The maximum atomic E-state index is 10.9. The number of carbonyl (C=O) groups is 1. The minimum absolute atomic E-state index is 0.187. The highest BCUT2D eigenvalue weighted by molar-refractivity contribution is 7.19. The zero-order valence-electron chi connectivity index (χ0n) is 8.88. The van der Waals surface area contributed by atoms with Gasteiger partial charge in [0.15, 0.2) is 5.58 Å². The molecule has 2 aromatic heterocycles. The third-order valence-electron chi connectivity index (χ3n) is 2.42. The fourth-order valence-electron chi connectivity index (χ4n) is 1.60. The number of nitrogens with zero attached hydrogens (tertiary/aromatic N) is 1. The Morgan fingerprint density at radius 3 is 2.83 bits per heavy atom. The Morgan fingerprint density at radius 1 is 1.33 bits per heavy atom. The summed E-state index contributed by atoms with van der Waals surface area (Å²) in [6.45, 7) is 0. The van der Waals surface area contributed by atoms with Crippen LogP contribution in [0, 0.1) is 0 Å². The highest BCUT2D eigenvalue weighted by Crippen LogP contribution is 2.32. The minimum Gasteiger partial charge on any atom is -0.478 e. The van der Waals surface area contributed by atoms with Crippen LogP contribution in [0.3, 0.4) is 0 Å². The lowest BCUT2D eigenvalue weighted by Gasteiger charge is -1.91. The van der Waals surface area contributed by atoms with Gasteiger partial charge in [0.2, 0.25) is 5.89 Å². The normalized spacial score (nSPS) is 10.9. The zero-order chi connectivity index (χ0) is 12.7. The van der Waals surface area contributed by atoms with E-state index < -0.39 is 5.97 Å². The Kier molecular flexibility index (Phi) is 2.57. The summed E-state index contributed by atoms with van der Waals surface area (Å²) in [6.07, 6.45) is 0. The van der Waals surface area contributed by atoms with Crippen molar-refractivity contribution in [1.82, 2.24) is 4.98 Å². The number of aromatic nitrogens is 1. The summed E-state index contributed by atoms with van der Waals surface area (Å²) in [5.41, 5.74) is 1.26. The van der Waals surface area contributed by atoms with Crippen LogP contribution in [0.4, 0.5) is 0 Å². The first-order chi connectivity index (χ1) is 8.63. The van der Waals surface area contributed by atoms with Gasteiger partial charge in [-0.3, -0.25) is 0 Å². The lowest BCUT2D eigenvalue weighted by molar-refractivity contribution is 0.0697. The van der Waals surface area contributed by atoms with Crippen LogP contribution < -0.4 is 0 Å². The van der Waals surface area contributed by atoms with Crippen molar-refractivity contribution in [1.29, 1.82) is 0 Å². The highest BCUT2D eigenvalue weighted by atomic mass is 35.5. The molecule has 6 heteroatoms. The number of oxazole rings is 1. The van der Waals surface area contributed by atoms with Crippen molar-refractivity contribution in [2.24, 2.45) is 0 Å². The molecule has 0 aliphatic heterocycles. The molecule has 4 nitrogen and oxygen atoms in total. The monoisotopic (exact) mass is 279 g/mol. The maximum Gasteiger partial charge on any atom is 0.335 e. The van der Waals surface area contributed by atoms with Crippen molar-refractivity contribution in [3.05, 3.63) is 40.2 Å². The number of fused-ring (bicyclic) bond motifs is 1. The number of thiophene rings is 1. The van der Waals surface area contributed by atoms with Gasteiger partial charge in [0.1, 0.15) is 5.52 Å². The second-order valence-corrected chi connectivity index (χ2v) is 5.33. The van der Waals surface area contributed by atoms with E-state index in [1.165, 1.54) is 23.5 Å². The lowest BCUT2D eigenvalue weighted by atomic mass is 10.2. The van der Waals surface area contributed by atoms with Crippen LogP contribution in [0.25, 0.3) is 21.9 Å². The van der Waals surface area contributed by atoms with Gasteiger partial charge in [0.05, 0.1) is 14.8 Å². The molecule has 0 aliphatic carbocycles. The van der Waals surface area contributed by atoms with Gasteiger partial charge >= 0.3 is 5.97 Å². The van der Waals surface area contributed by atoms with Crippen LogP contribution >= 0.6 is 22.9 Å². The van der Waals surface area contributed by atoms with Gasteiger partial charge in [-0.15, -0.1) is 11.3 Å². The molecule has 0 saturated carbocycles. The van der Waals surface area contributed by atoms with Gasteiger partial charge in [-0.25, -0.2) is 9.78 Å². The molecule has 3 aromatic rings. The average Bonchev–Trinajstić information content (AvgIpc) is 2.93. The van der Waals surface area contributed by atoms with E-state index in [2.05, 4.69) is 4.98 Å². The molecule has 0 spiro atoms. The quantitative estimate of drug-likeness (QED) is 0.772. The Hall–Kier alpha value is -1.85. The fourth-order valence-corrected chi connectivity index (χ4v) is 2.56. The number of halogens is 1. The van der Waals surface area contributed by atoms with Crippen molar-refractivity contribution in [2.45, 2.75) is 0 Å². The smallest absolute Gasteiger partial charge is 0.335 e. The van der Waals surface area contributed by atoms with Crippen LogP contribution in [-0.2, 0) is 0 Å². The van der Waals surface area contributed by atoms with Gasteiger partial charge in [-0.2, -0.15) is 0 Å². The summed E-state index contributed by atoms with van der Waals surface area (Å²) in [4.78, 5) is 15.9. The third kappa shape index (κ3) is 1.87. The molecule has 0 fully saturated rings.